The fraction of sp³-hybridized carbons (Fsp3) is 0.292. The molecule has 1 saturated carbocycles. The molecule has 4 rings (SSSR count). The highest BCUT2D eigenvalue weighted by atomic mass is 79.9. The fourth-order valence-corrected chi connectivity index (χ4v) is 4.62. The summed E-state index contributed by atoms with van der Waals surface area (Å²) in [5.74, 6) is 1.28. The summed E-state index contributed by atoms with van der Waals surface area (Å²) in [6, 6.07) is 15.1. The molecule has 0 radical (unpaired) electrons. The summed E-state index contributed by atoms with van der Waals surface area (Å²) in [5.41, 5.74) is 0.669. The van der Waals surface area contributed by atoms with Crippen molar-refractivity contribution in [3.63, 3.8) is 0 Å². The average Bonchev–Trinajstić information content (AvgIpc) is 3.62. The van der Waals surface area contributed by atoms with Gasteiger partial charge in [0.05, 0.1) is 28.8 Å². The molecule has 31 heavy (non-hydrogen) atoms. The van der Waals surface area contributed by atoms with Crippen molar-refractivity contribution in [2.45, 2.75) is 37.5 Å². The van der Waals surface area contributed by atoms with E-state index in [0.717, 1.165) is 28.4 Å². The van der Waals surface area contributed by atoms with Gasteiger partial charge in [-0.3, -0.25) is 0 Å². The van der Waals surface area contributed by atoms with Crippen molar-refractivity contribution in [2.75, 3.05) is 0 Å². The van der Waals surface area contributed by atoms with Gasteiger partial charge in [0.25, 0.3) is 0 Å². The summed E-state index contributed by atoms with van der Waals surface area (Å²) in [4.78, 5) is 0. The van der Waals surface area contributed by atoms with E-state index in [2.05, 4.69) is 27.3 Å². The maximum Gasteiger partial charge on any atom is 0.216 e. The number of aryl methyl sites for hydroxylation is 1. The van der Waals surface area contributed by atoms with E-state index in [4.69, 9.17) is 0 Å². The van der Waals surface area contributed by atoms with Crippen LogP contribution < -0.4 is 9.88 Å². The number of hydrogen-bond donors (Lipinski definition) is 2. The molecule has 1 aromatic heterocycles. The van der Waals surface area contributed by atoms with Gasteiger partial charge in [0, 0.05) is 22.5 Å². The van der Waals surface area contributed by atoms with Gasteiger partial charge < -0.3 is 15.8 Å². The molecule has 2 N–H and O–H groups in total. The molecule has 0 amide bonds. The molecule has 3 atom stereocenters. The van der Waals surface area contributed by atoms with Gasteiger partial charge in [0.1, 0.15) is 6.07 Å². The largest absolute Gasteiger partial charge is 0.762 e. The molecule has 1 aromatic carbocycles. The van der Waals surface area contributed by atoms with Crippen LogP contribution in [0.5, 0.6) is 0 Å². The van der Waals surface area contributed by atoms with Crippen molar-refractivity contribution >= 4 is 21.8 Å². The average molecular weight is 474 g/mol. The van der Waals surface area contributed by atoms with Gasteiger partial charge in [-0.25, -0.2) is 5.87 Å². The van der Waals surface area contributed by atoms with Crippen molar-refractivity contribution in [1.82, 2.24) is 5.32 Å². The molecule has 154 valence electrons. The molecular formula is C24H20BrN5O. The Kier molecular flexibility index (Phi) is 5.52. The second-order valence-electron chi connectivity index (χ2n) is 8.02. The molecule has 1 fully saturated rings. The zero-order valence-electron chi connectivity index (χ0n) is 16.9. The van der Waals surface area contributed by atoms with Gasteiger partial charge in [0.2, 0.25) is 11.8 Å². The van der Waals surface area contributed by atoms with Crippen LogP contribution in [-0.4, -0.2) is 16.7 Å². The fourth-order valence-electron chi connectivity index (χ4n) is 4.35. The lowest BCUT2D eigenvalue weighted by Gasteiger charge is -2.43. The summed E-state index contributed by atoms with van der Waals surface area (Å²) in [6.45, 7) is 1.99. The van der Waals surface area contributed by atoms with Gasteiger partial charge in [-0.15, -0.1) is 0 Å². The predicted molar refractivity (Wildman–Crippen MR) is 118 cm³/mol. The third-order valence-corrected chi connectivity index (χ3v) is 6.56. The molecule has 2 aliphatic rings. The Bertz CT molecular complexity index is 1180. The number of nitrogens with zero attached hydrogens (tertiary/aromatic N) is 4. The summed E-state index contributed by atoms with van der Waals surface area (Å²) in [5, 5.41) is 44.3. The first-order valence-corrected chi connectivity index (χ1v) is 10.8. The van der Waals surface area contributed by atoms with Crippen LogP contribution in [-0.2, 0) is 0 Å². The zero-order valence-corrected chi connectivity index (χ0v) is 18.5. The number of nitriles is 2. The molecule has 0 bridgehead atoms. The van der Waals surface area contributed by atoms with Crippen LogP contribution in [0.2, 0.25) is 0 Å². The van der Waals surface area contributed by atoms with Crippen LogP contribution in [0.3, 0.4) is 0 Å². The van der Waals surface area contributed by atoms with E-state index < -0.39 is 17.7 Å². The van der Waals surface area contributed by atoms with Crippen molar-refractivity contribution in [3.8, 4) is 12.1 Å². The quantitative estimate of drug-likeness (QED) is 0.402. The Morgan fingerprint density at radius 3 is 2.35 bits per heavy atom. The number of pyridine rings is 1. The first-order chi connectivity index (χ1) is 14.9. The third-order valence-electron chi connectivity index (χ3n) is 6.04. The van der Waals surface area contributed by atoms with Crippen molar-refractivity contribution in [3.05, 3.63) is 86.6 Å². The predicted octanol–water partition coefficient (Wildman–Crippen LogP) is 3.54. The van der Waals surface area contributed by atoms with Crippen LogP contribution in [0.15, 0.2) is 70.1 Å². The van der Waals surface area contributed by atoms with E-state index in [0.29, 0.717) is 0 Å². The highest BCUT2D eigenvalue weighted by molar-refractivity contribution is 9.10. The standard InChI is InChI=1S/C24H20BrN5O/c1-15-8-10-30(11-9-15)23-21(16-2-6-19(25)7-3-16)20(14-28)22(17(12-26)13-27)29-24(23,31)18-4-5-18/h2-3,6-11,18,21,23,29,31H,4-5H2,1H3/t21-,23+,24+/m1/s1. The molecule has 0 spiro atoms. The topological polar surface area (TPSA) is 106 Å². The van der Waals surface area contributed by atoms with Gasteiger partial charge in [0.15, 0.2) is 12.4 Å². The highest BCUT2D eigenvalue weighted by Crippen LogP contribution is 2.52. The molecule has 0 saturated heterocycles. The van der Waals surface area contributed by atoms with Gasteiger partial charge >= 0.3 is 0 Å². The lowest BCUT2D eigenvalue weighted by molar-refractivity contribution is -0.742. The monoisotopic (exact) mass is 473 g/mol. The summed E-state index contributed by atoms with van der Waals surface area (Å²) < 4.78 is 2.82. The molecule has 7 heteroatoms. The summed E-state index contributed by atoms with van der Waals surface area (Å²) in [6.07, 6.45) is 5.45. The molecule has 6 nitrogen and oxygen atoms in total. The lowest BCUT2D eigenvalue weighted by Crippen LogP contribution is -2.66. The Morgan fingerprint density at radius 2 is 1.84 bits per heavy atom. The Labute approximate surface area is 189 Å². The van der Waals surface area contributed by atoms with Gasteiger partial charge in [-0.05, 0) is 43.0 Å². The number of aromatic nitrogens is 1. The number of halogens is 1. The number of rotatable bonds is 4. The molecule has 0 unspecified atom stereocenters. The number of nitrogens with one attached hydrogen (secondary N) is 1. The SMILES string of the molecule is Cc1cc[n+]([C@H]2[C@H](c3ccc(Br)cc3)C(C#N)=C(C(=C=[N-])C#N)N[C@]2(O)C2CC2)cc1. The van der Waals surface area contributed by atoms with Crippen LogP contribution in [0, 0.1) is 35.5 Å². The Balaban J connectivity index is 2.03. The second kappa shape index (κ2) is 8.13. The van der Waals surface area contributed by atoms with E-state index in [-0.39, 0.29) is 22.8 Å². The second-order valence-corrected chi connectivity index (χ2v) is 8.94. The lowest BCUT2D eigenvalue weighted by atomic mass is 9.74. The first kappa shape index (κ1) is 21.0. The summed E-state index contributed by atoms with van der Waals surface area (Å²) in [7, 11) is 0. The number of aliphatic hydroxyl groups is 1. The van der Waals surface area contributed by atoms with E-state index in [9.17, 15) is 21.0 Å². The van der Waals surface area contributed by atoms with Crippen LogP contribution in [0.25, 0.3) is 5.41 Å². The van der Waals surface area contributed by atoms with Crippen LogP contribution in [0.4, 0.5) is 0 Å². The summed E-state index contributed by atoms with van der Waals surface area (Å²) >= 11 is 3.45. The van der Waals surface area contributed by atoms with Crippen molar-refractivity contribution in [1.29, 1.82) is 10.5 Å². The molecule has 2 heterocycles. The minimum Gasteiger partial charge on any atom is -0.762 e. The Hall–Kier alpha value is -3.22. The van der Waals surface area contributed by atoms with Gasteiger partial charge in [-0.2, -0.15) is 15.1 Å². The van der Waals surface area contributed by atoms with E-state index in [1.807, 2.05) is 72.2 Å². The van der Waals surface area contributed by atoms with Crippen molar-refractivity contribution < 1.29 is 9.67 Å². The molecule has 1 aliphatic heterocycles. The smallest absolute Gasteiger partial charge is 0.216 e. The number of benzene rings is 1. The first-order valence-electron chi connectivity index (χ1n) is 9.98. The normalized spacial score (nSPS) is 25.1. The minimum absolute atomic E-state index is 0.0573. The van der Waals surface area contributed by atoms with Crippen LogP contribution >= 0.6 is 15.9 Å². The zero-order chi connectivity index (χ0) is 22.2. The van der Waals surface area contributed by atoms with E-state index in [1.165, 1.54) is 0 Å². The Morgan fingerprint density at radius 1 is 1.19 bits per heavy atom. The van der Waals surface area contributed by atoms with E-state index >= 15 is 0 Å². The third kappa shape index (κ3) is 3.69. The van der Waals surface area contributed by atoms with Gasteiger partial charge in [-0.1, -0.05) is 28.1 Å². The van der Waals surface area contributed by atoms with Crippen LogP contribution in [0.1, 0.15) is 35.9 Å². The van der Waals surface area contributed by atoms with E-state index in [1.54, 1.807) is 0 Å². The number of allylic oxidation sites excluding steroid dienone is 2. The minimum atomic E-state index is -1.42. The number of hydrogen-bond acceptors (Lipinski definition) is 4. The molecule has 1 aliphatic carbocycles. The maximum absolute atomic E-state index is 12.0. The molecular weight excluding hydrogens is 454 g/mol. The highest BCUT2D eigenvalue weighted by Gasteiger charge is 2.61. The van der Waals surface area contributed by atoms with Crippen molar-refractivity contribution in [2.24, 2.45) is 5.92 Å². The maximum atomic E-state index is 12.0. The molecule has 2 aromatic rings.